The summed E-state index contributed by atoms with van der Waals surface area (Å²) in [4.78, 5) is 0. The summed E-state index contributed by atoms with van der Waals surface area (Å²) < 4.78 is 0. The van der Waals surface area contributed by atoms with E-state index in [0.717, 1.165) is 20.4 Å². The molecule has 0 bridgehead atoms. The van der Waals surface area contributed by atoms with E-state index in [4.69, 9.17) is 12.6 Å². The van der Waals surface area contributed by atoms with Crippen molar-refractivity contribution in [2.75, 3.05) is 12.8 Å². The van der Waals surface area contributed by atoms with Crippen LogP contribution >= 0.6 is 21.2 Å². The molecule has 170 valence electrons. The number of unbranched alkanes of at least 4 members (excludes halogenated alkanes) is 14. The van der Waals surface area contributed by atoms with Gasteiger partial charge in [-0.05, 0) is 37.5 Å². The first-order valence-electron chi connectivity index (χ1n) is 13.0. The van der Waals surface area contributed by atoms with Crippen molar-refractivity contribution < 1.29 is 0 Å². The van der Waals surface area contributed by atoms with Crippen molar-refractivity contribution in [2.24, 2.45) is 11.8 Å². The number of rotatable bonds is 22. The Bertz CT molecular complexity index is 294. The third kappa shape index (κ3) is 18.8. The van der Waals surface area contributed by atoms with Crippen molar-refractivity contribution in [1.82, 2.24) is 0 Å². The highest BCUT2D eigenvalue weighted by molar-refractivity contribution is 7.80. The zero-order valence-corrected chi connectivity index (χ0v) is 22.0. The molecule has 0 aliphatic carbocycles. The van der Waals surface area contributed by atoms with E-state index in [1.54, 1.807) is 0 Å². The highest BCUT2D eigenvalue weighted by Crippen LogP contribution is 2.28. The summed E-state index contributed by atoms with van der Waals surface area (Å²) in [5, 5.41) is 0.634. The lowest BCUT2D eigenvalue weighted by Gasteiger charge is -2.25. The molecular formula is C26H55PS. The van der Waals surface area contributed by atoms with Gasteiger partial charge in [-0.25, -0.2) is 0 Å². The van der Waals surface area contributed by atoms with Crippen LogP contribution in [0.25, 0.3) is 0 Å². The molecule has 0 saturated heterocycles. The van der Waals surface area contributed by atoms with Gasteiger partial charge >= 0.3 is 0 Å². The Morgan fingerprint density at radius 2 is 1.11 bits per heavy atom. The average molecular weight is 431 g/mol. The predicted octanol–water partition coefficient (Wildman–Crippen LogP) is 9.91. The van der Waals surface area contributed by atoms with Gasteiger partial charge < -0.3 is 0 Å². The molecule has 0 rings (SSSR count). The molecule has 0 amide bonds. The fourth-order valence-corrected chi connectivity index (χ4v) is 5.94. The van der Waals surface area contributed by atoms with Crippen molar-refractivity contribution in [1.29, 1.82) is 0 Å². The van der Waals surface area contributed by atoms with Crippen LogP contribution in [0.3, 0.4) is 0 Å². The van der Waals surface area contributed by atoms with Gasteiger partial charge in [-0.2, -0.15) is 12.6 Å². The van der Waals surface area contributed by atoms with Gasteiger partial charge in [0.2, 0.25) is 0 Å². The Morgan fingerprint density at radius 3 is 1.50 bits per heavy atom. The lowest BCUT2D eigenvalue weighted by atomic mass is 9.87. The SMILES string of the molecule is CCCCCCCCCCCCCCCCCC(S)CC(CC)C(C)CPC. The molecule has 0 aliphatic rings. The van der Waals surface area contributed by atoms with Crippen LogP contribution in [0.4, 0.5) is 0 Å². The maximum absolute atomic E-state index is 4.91. The topological polar surface area (TPSA) is 0 Å². The first-order chi connectivity index (χ1) is 13.7. The zero-order chi connectivity index (χ0) is 20.9. The van der Waals surface area contributed by atoms with Gasteiger partial charge in [0, 0.05) is 5.25 Å². The standard InChI is InChI=1S/C26H55PS/c1-5-7-8-9-10-11-12-13-14-15-16-17-18-19-20-21-26(28)22-25(6-2)24(3)23-27-4/h24-28H,5-23H2,1-4H3. The molecule has 0 fully saturated rings. The van der Waals surface area contributed by atoms with Crippen molar-refractivity contribution >= 4 is 21.2 Å². The number of thiol groups is 1. The average Bonchev–Trinajstić information content (AvgIpc) is 2.69. The molecule has 0 aromatic rings. The smallest absolute Gasteiger partial charge is 0.00195 e. The monoisotopic (exact) mass is 430 g/mol. The van der Waals surface area contributed by atoms with Crippen LogP contribution in [-0.4, -0.2) is 18.1 Å². The molecule has 0 aromatic heterocycles. The van der Waals surface area contributed by atoms with Crippen molar-refractivity contribution in [2.45, 2.75) is 142 Å². The summed E-state index contributed by atoms with van der Waals surface area (Å²) in [6.07, 6.45) is 27.2. The van der Waals surface area contributed by atoms with Gasteiger partial charge in [0.05, 0.1) is 0 Å². The second-order valence-electron chi connectivity index (χ2n) is 9.33. The normalized spacial score (nSPS) is 15.3. The second-order valence-corrected chi connectivity index (χ2v) is 11.2. The maximum atomic E-state index is 4.91. The van der Waals surface area contributed by atoms with E-state index in [0.29, 0.717) is 5.25 Å². The largest absolute Gasteiger partial charge is 0.176 e. The van der Waals surface area contributed by atoms with Gasteiger partial charge in [-0.15, -0.1) is 8.58 Å². The van der Waals surface area contributed by atoms with E-state index in [1.807, 2.05) is 0 Å². The minimum absolute atomic E-state index is 0.634. The van der Waals surface area contributed by atoms with Gasteiger partial charge in [-0.3, -0.25) is 0 Å². The fourth-order valence-electron chi connectivity index (χ4n) is 4.51. The predicted molar refractivity (Wildman–Crippen MR) is 139 cm³/mol. The molecule has 0 heterocycles. The molecule has 0 aromatic carbocycles. The van der Waals surface area contributed by atoms with Gasteiger partial charge in [0.25, 0.3) is 0 Å². The van der Waals surface area contributed by atoms with Crippen LogP contribution < -0.4 is 0 Å². The molecule has 28 heavy (non-hydrogen) atoms. The number of hydrogen-bond donors (Lipinski definition) is 1. The Morgan fingerprint density at radius 1 is 0.679 bits per heavy atom. The second kappa shape index (κ2) is 22.5. The molecule has 0 saturated carbocycles. The van der Waals surface area contributed by atoms with Crippen LogP contribution in [0.5, 0.6) is 0 Å². The molecule has 4 atom stereocenters. The zero-order valence-electron chi connectivity index (χ0n) is 20.1. The Hall–Kier alpha value is 0.780. The van der Waals surface area contributed by atoms with Crippen LogP contribution in [0.1, 0.15) is 136 Å². The quantitative estimate of drug-likeness (QED) is 0.0985. The van der Waals surface area contributed by atoms with E-state index in [9.17, 15) is 0 Å². The summed E-state index contributed by atoms with van der Waals surface area (Å²) in [7, 11) is 1.10. The van der Waals surface area contributed by atoms with Gasteiger partial charge in [-0.1, -0.05) is 124 Å². The van der Waals surface area contributed by atoms with E-state index in [2.05, 4.69) is 27.4 Å². The Labute approximate surface area is 187 Å². The molecule has 4 unspecified atom stereocenters. The van der Waals surface area contributed by atoms with E-state index in [1.165, 1.54) is 122 Å². The molecule has 0 aliphatic heterocycles. The lowest BCUT2D eigenvalue weighted by molar-refractivity contribution is 0.344. The molecule has 0 spiro atoms. The van der Waals surface area contributed by atoms with E-state index < -0.39 is 0 Å². The van der Waals surface area contributed by atoms with Crippen LogP contribution in [0, 0.1) is 11.8 Å². The van der Waals surface area contributed by atoms with Crippen molar-refractivity contribution in [3.63, 3.8) is 0 Å². The first-order valence-corrected chi connectivity index (χ1v) is 15.2. The molecule has 0 nitrogen and oxygen atoms in total. The highest BCUT2D eigenvalue weighted by atomic mass is 32.1. The van der Waals surface area contributed by atoms with Crippen molar-refractivity contribution in [3.05, 3.63) is 0 Å². The van der Waals surface area contributed by atoms with Gasteiger partial charge in [0.15, 0.2) is 0 Å². The van der Waals surface area contributed by atoms with Crippen LogP contribution in [0.15, 0.2) is 0 Å². The first kappa shape index (κ1) is 28.8. The Balaban J connectivity index is 3.36. The third-order valence-electron chi connectivity index (χ3n) is 6.57. The summed E-state index contributed by atoms with van der Waals surface area (Å²) in [6, 6.07) is 0. The lowest BCUT2D eigenvalue weighted by Crippen LogP contribution is -2.17. The molecule has 0 N–H and O–H groups in total. The van der Waals surface area contributed by atoms with Gasteiger partial charge in [0.1, 0.15) is 0 Å². The minimum Gasteiger partial charge on any atom is -0.176 e. The van der Waals surface area contributed by atoms with E-state index in [-0.39, 0.29) is 0 Å². The highest BCUT2D eigenvalue weighted by Gasteiger charge is 2.18. The van der Waals surface area contributed by atoms with Crippen molar-refractivity contribution in [3.8, 4) is 0 Å². The van der Waals surface area contributed by atoms with E-state index >= 15 is 0 Å². The number of hydrogen-bond acceptors (Lipinski definition) is 1. The maximum Gasteiger partial charge on any atom is 0.00195 e. The third-order valence-corrected chi connectivity index (χ3v) is 8.09. The summed E-state index contributed by atoms with van der Waals surface area (Å²) >= 11 is 4.91. The molecular weight excluding hydrogens is 375 g/mol. The summed E-state index contributed by atoms with van der Waals surface area (Å²) in [5.41, 5.74) is 0. The molecule has 2 heteroatoms. The fraction of sp³-hybridized carbons (Fsp3) is 1.00. The molecule has 0 radical (unpaired) electrons. The minimum atomic E-state index is 0.634. The van der Waals surface area contributed by atoms with Crippen LogP contribution in [0.2, 0.25) is 0 Å². The van der Waals surface area contributed by atoms with Crippen LogP contribution in [-0.2, 0) is 0 Å². The summed E-state index contributed by atoms with van der Waals surface area (Å²) in [5.74, 6) is 1.79. The Kier molecular flexibility index (Phi) is 23.1. The summed E-state index contributed by atoms with van der Waals surface area (Å²) in [6.45, 7) is 9.47.